The third kappa shape index (κ3) is 4.74. The van der Waals surface area contributed by atoms with Gasteiger partial charge < -0.3 is 10.6 Å². The van der Waals surface area contributed by atoms with Crippen LogP contribution in [0.4, 0.5) is 5.69 Å². The average molecular weight is 288 g/mol. The van der Waals surface area contributed by atoms with Gasteiger partial charge in [0.1, 0.15) is 0 Å². The number of rotatable bonds is 5. The van der Waals surface area contributed by atoms with E-state index in [0.29, 0.717) is 6.04 Å². The SMILES string of the molecule is CCC(N)Cc1ccc(N2CCCC(C(C)C)CC2)cc1. The molecule has 1 aromatic rings. The molecule has 2 nitrogen and oxygen atoms in total. The van der Waals surface area contributed by atoms with Gasteiger partial charge in [0.15, 0.2) is 0 Å². The fourth-order valence-corrected chi connectivity index (χ4v) is 3.34. The van der Waals surface area contributed by atoms with Gasteiger partial charge in [-0.1, -0.05) is 32.9 Å². The molecule has 2 heteroatoms. The maximum Gasteiger partial charge on any atom is 0.0366 e. The number of hydrogen-bond donors (Lipinski definition) is 1. The molecule has 0 aromatic heterocycles. The van der Waals surface area contributed by atoms with E-state index >= 15 is 0 Å². The summed E-state index contributed by atoms with van der Waals surface area (Å²) < 4.78 is 0. The van der Waals surface area contributed by atoms with Crippen LogP contribution in [0.3, 0.4) is 0 Å². The largest absolute Gasteiger partial charge is 0.372 e. The van der Waals surface area contributed by atoms with E-state index in [-0.39, 0.29) is 0 Å². The van der Waals surface area contributed by atoms with E-state index in [4.69, 9.17) is 5.73 Å². The Morgan fingerprint density at radius 1 is 1.14 bits per heavy atom. The highest BCUT2D eigenvalue weighted by Gasteiger charge is 2.19. The lowest BCUT2D eigenvalue weighted by Gasteiger charge is -2.24. The molecule has 0 aliphatic carbocycles. The first-order valence-corrected chi connectivity index (χ1v) is 8.69. The first-order valence-electron chi connectivity index (χ1n) is 8.69. The zero-order chi connectivity index (χ0) is 15.2. The minimum Gasteiger partial charge on any atom is -0.372 e. The van der Waals surface area contributed by atoms with E-state index in [1.807, 2.05) is 0 Å². The van der Waals surface area contributed by atoms with Crippen LogP contribution in [0.15, 0.2) is 24.3 Å². The predicted octanol–water partition coefficient (Wildman–Crippen LogP) is 4.23. The Bertz CT molecular complexity index is 410. The van der Waals surface area contributed by atoms with Crippen LogP contribution in [0.5, 0.6) is 0 Å². The van der Waals surface area contributed by atoms with E-state index in [1.165, 1.54) is 43.6 Å². The molecule has 1 aromatic carbocycles. The fraction of sp³-hybridized carbons (Fsp3) is 0.684. The molecule has 2 unspecified atom stereocenters. The van der Waals surface area contributed by atoms with Gasteiger partial charge in [-0.2, -0.15) is 0 Å². The molecule has 0 saturated carbocycles. The summed E-state index contributed by atoms with van der Waals surface area (Å²) in [6, 6.07) is 9.38. The van der Waals surface area contributed by atoms with Gasteiger partial charge in [0.2, 0.25) is 0 Å². The molecule has 1 fully saturated rings. The molecule has 0 radical (unpaired) electrons. The minimum atomic E-state index is 0.292. The van der Waals surface area contributed by atoms with Crippen LogP contribution >= 0.6 is 0 Å². The summed E-state index contributed by atoms with van der Waals surface area (Å²) in [7, 11) is 0. The van der Waals surface area contributed by atoms with Gasteiger partial charge in [-0.3, -0.25) is 0 Å². The molecule has 0 bridgehead atoms. The second-order valence-electron chi connectivity index (χ2n) is 6.96. The Hall–Kier alpha value is -1.02. The van der Waals surface area contributed by atoms with E-state index in [9.17, 15) is 0 Å². The van der Waals surface area contributed by atoms with Gasteiger partial charge in [0, 0.05) is 24.8 Å². The van der Waals surface area contributed by atoms with Crippen molar-refractivity contribution in [1.82, 2.24) is 0 Å². The molecular weight excluding hydrogens is 256 g/mol. The molecule has 0 amide bonds. The van der Waals surface area contributed by atoms with Crippen molar-refractivity contribution in [2.75, 3.05) is 18.0 Å². The zero-order valence-electron chi connectivity index (χ0n) is 14.0. The van der Waals surface area contributed by atoms with Crippen molar-refractivity contribution in [3.8, 4) is 0 Å². The van der Waals surface area contributed by atoms with Gasteiger partial charge in [-0.25, -0.2) is 0 Å². The van der Waals surface area contributed by atoms with Crippen LogP contribution in [0.2, 0.25) is 0 Å². The third-order valence-electron chi connectivity index (χ3n) is 5.04. The Labute approximate surface area is 130 Å². The van der Waals surface area contributed by atoms with E-state index in [2.05, 4.69) is 49.9 Å². The lowest BCUT2D eigenvalue weighted by molar-refractivity contribution is 0.351. The van der Waals surface area contributed by atoms with Gasteiger partial charge in [-0.05, 0) is 61.6 Å². The zero-order valence-corrected chi connectivity index (χ0v) is 14.0. The van der Waals surface area contributed by atoms with Crippen LogP contribution < -0.4 is 10.6 Å². The quantitative estimate of drug-likeness (QED) is 0.878. The Balaban J connectivity index is 1.95. The highest BCUT2D eigenvalue weighted by molar-refractivity contribution is 5.47. The van der Waals surface area contributed by atoms with Crippen LogP contribution in [-0.2, 0) is 6.42 Å². The highest BCUT2D eigenvalue weighted by Crippen LogP contribution is 2.27. The van der Waals surface area contributed by atoms with Crippen molar-refractivity contribution in [3.05, 3.63) is 29.8 Å². The molecular formula is C19H32N2. The molecule has 1 aliphatic heterocycles. The summed E-state index contributed by atoms with van der Waals surface area (Å²) in [5, 5.41) is 0. The average Bonchev–Trinajstić information content (AvgIpc) is 2.74. The lowest BCUT2D eigenvalue weighted by Crippen LogP contribution is -2.24. The number of anilines is 1. The molecule has 2 atom stereocenters. The summed E-state index contributed by atoms with van der Waals surface area (Å²) in [6.07, 6.45) is 6.08. The minimum absolute atomic E-state index is 0.292. The Morgan fingerprint density at radius 3 is 2.48 bits per heavy atom. The summed E-state index contributed by atoms with van der Waals surface area (Å²) >= 11 is 0. The second-order valence-corrected chi connectivity index (χ2v) is 6.96. The molecule has 1 aliphatic rings. The van der Waals surface area contributed by atoms with Crippen molar-refractivity contribution >= 4 is 5.69 Å². The van der Waals surface area contributed by atoms with Crippen molar-refractivity contribution in [1.29, 1.82) is 0 Å². The summed E-state index contributed by atoms with van der Waals surface area (Å²) in [5.74, 6) is 1.72. The summed E-state index contributed by atoms with van der Waals surface area (Å²) in [5.41, 5.74) is 8.79. The maximum atomic E-state index is 6.04. The monoisotopic (exact) mass is 288 g/mol. The molecule has 2 N–H and O–H groups in total. The Kier molecular flexibility index (Phi) is 6.10. The normalized spacial score (nSPS) is 21.4. The van der Waals surface area contributed by atoms with E-state index in [1.54, 1.807) is 0 Å². The molecule has 1 heterocycles. The topological polar surface area (TPSA) is 29.3 Å². The standard InChI is InChI=1S/C19H32N2/c1-4-18(20)14-16-7-9-19(10-8-16)21-12-5-6-17(11-13-21)15(2)3/h7-10,15,17-18H,4-6,11-14,20H2,1-3H3. The molecule has 118 valence electrons. The maximum absolute atomic E-state index is 6.04. The molecule has 2 rings (SSSR count). The highest BCUT2D eigenvalue weighted by atomic mass is 15.1. The smallest absolute Gasteiger partial charge is 0.0366 e. The van der Waals surface area contributed by atoms with E-state index in [0.717, 1.165) is 24.7 Å². The first-order chi connectivity index (χ1) is 10.1. The van der Waals surface area contributed by atoms with E-state index < -0.39 is 0 Å². The van der Waals surface area contributed by atoms with Crippen LogP contribution in [0, 0.1) is 11.8 Å². The molecule has 1 saturated heterocycles. The molecule has 0 spiro atoms. The number of nitrogens with two attached hydrogens (primary N) is 1. The third-order valence-corrected chi connectivity index (χ3v) is 5.04. The van der Waals surface area contributed by atoms with Crippen molar-refractivity contribution in [2.24, 2.45) is 17.6 Å². The second kappa shape index (κ2) is 7.84. The van der Waals surface area contributed by atoms with Gasteiger partial charge in [0.05, 0.1) is 0 Å². The first kappa shape index (κ1) is 16.4. The number of nitrogens with zero attached hydrogens (tertiary/aromatic N) is 1. The Morgan fingerprint density at radius 2 is 1.86 bits per heavy atom. The fourth-order valence-electron chi connectivity index (χ4n) is 3.34. The summed E-state index contributed by atoms with van der Waals surface area (Å²) in [4.78, 5) is 2.56. The van der Waals surface area contributed by atoms with Gasteiger partial charge >= 0.3 is 0 Å². The van der Waals surface area contributed by atoms with Crippen molar-refractivity contribution in [3.63, 3.8) is 0 Å². The van der Waals surface area contributed by atoms with Gasteiger partial charge in [0.25, 0.3) is 0 Å². The van der Waals surface area contributed by atoms with Crippen LogP contribution in [-0.4, -0.2) is 19.1 Å². The number of benzene rings is 1. The van der Waals surface area contributed by atoms with Gasteiger partial charge in [-0.15, -0.1) is 0 Å². The van der Waals surface area contributed by atoms with Crippen LogP contribution in [0.1, 0.15) is 52.0 Å². The predicted molar refractivity (Wildman–Crippen MR) is 92.8 cm³/mol. The van der Waals surface area contributed by atoms with Crippen molar-refractivity contribution in [2.45, 2.75) is 58.9 Å². The van der Waals surface area contributed by atoms with Crippen LogP contribution in [0.25, 0.3) is 0 Å². The number of hydrogen-bond acceptors (Lipinski definition) is 2. The lowest BCUT2D eigenvalue weighted by atomic mass is 9.89. The summed E-state index contributed by atoms with van der Waals surface area (Å²) in [6.45, 7) is 9.30. The van der Waals surface area contributed by atoms with Crippen molar-refractivity contribution < 1.29 is 0 Å². The molecule has 21 heavy (non-hydrogen) atoms.